The van der Waals surface area contributed by atoms with Crippen LogP contribution in [0.15, 0.2) is 0 Å². The van der Waals surface area contributed by atoms with Gasteiger partial charge in [0.2, 0.25) is 0 Å². The summed E-state index contributed by atoms with van der Waals surface area (Å²) in [5.74, 6) is -0.826. The molecule has 0 saturated carbocycles. The van der Waals surface area contributed by atoms with Gasteiger partial charge in [-0.15, -0.1) is 0 Å². The summed E-state index contributed by atoms with van der Waals surface area (Å²) in [6.45, 7) is 7.50. The van der Waals surface area contributed by atoms with E-state index >= 15 is 0 Å². The van der Waals surface area contributed by atoms with E-state index in [0.29, 0.717) is 0 Å². The molecule has 0 aliphatic heterocycles. The van der Waals surface area contributed by atoms with E-state index in [-0.39, 0.29) is 12.0 Å². The minimum Gasteiger partial charge on any atom is -0.481 e. The molecule has 0 spiro atoms. The largest absolute Gasteiger partial charge is 0.481 e. The Morgan fingerprint density at radius 3 is 1.73 bits per heavy atom. The highest BCUT2D eigenvalue weighted by molar-refractivity contribution is 5.75. The molecule has 0 fully saturated rings. The van der Waals surface area contributed by atoms with Crippen molar-refractivity contribution < 1.29 is 9.90 Å². The fourth-order valence-electron chi connectivity index (χ4n) is 0.714. The predicted molar refractivity (Wildman–Crippen MR) is 44.3 cm³/mol. The van der Waals surface area contributed by atoms with Crippen LogP contribution in [0.1, 0.15) is 27.7 Å². The van der Waals surface area contributed by atoms with Gasteiger partial charge in [0.15, 0.2) is 0 Å². The summed E-state index contributed by atoms with van der Waals surface area (Å²) in [5, 5.41) is 8.89. The van der Waals surface area contributed by atoms with Crippen molar-refractivity contribution in [1.29, 1.82) is 0 Å². The summed E-state index contributed by atoms with van der Waals surface area (Å²) in [6.07, 6.45) is 0. The molecule has 0 aromatic heterocycles. The topological polar surface area (TPSA) is 63.3 Å². The Balaban J connectivity index is 4.75. The molecule has 0 aromatic rings. The van der Waals surface area contributed by atoms with Gasteiger partial charge in [0.1, 0.15) is 0 Å². The molecule has 0 aromatic carbocycles. The van der Waals surface area contributed by atoms with Gasteiger partial charge in [-0.05, 0) is 12.3 Å². The van der Waals surface area contributed by atoms with Crippen molar-refractivity contribution in [1.82, 2.24) is 0 Å². The van der Waals surface area contributed by atoms with Crippen LogP contribution in [-0.2, 0) is 4.79 Å². The molecular weight excluding hydrogens is 142 g/mol. The van der Waals surface area contributed by atoms with E-state index in [0.717, 1.165) is 0 Å². The first-order chi connectivity index (χ1) is 4.75. The zero-order valence-electron chi connectivity index (χ0n) is 7.64. The SMILES string of the molecule is CC(C)(C)C(C)(CN)C(=O)O. The minimum atomic E-state index is -0.826. The lowest BCUT2D eigenvalue weighted by molar-refractivity contribution is -0.153. The Bertz CT molecular complexity index is 160. The molecule has 3 N–H and O–H groups in total. The van der Waals surface area contributed by atoms with E-state index in [4.69, 9.17) is 10.8 Å². The summed E-state index contributed by atoms with van der Waals surface area (Å²) >= 11 is 0. The maximum absolute atomic E-state index is 10.8. The number of aliphatic carboxylic acids is 1. The highest BCUT2D eigenvalue weighted by Gasteiger charge is 2.43. The molecule has 3 nitrogen and oxygen atoms in total. The lowest BCUT2D eigenvalue weighted by Gasteiger charge is -2.36. The number of carboxylic acid groups (broad SMARTS) is 1. The molecule has 0 radical (unpaired) electrons. The second kappa shape index (κ2) is 2.81. The lowest BCUT2D eigenvalue weighted by atomic mass is 9.68. The zero-order valence-corrected chi connectivity index (χ0v) is 7.64. The summed E-state index contributed by atoms with van der Waals surface area (Å²) < 4.78 is 0. The Morgan fingerprint density at radius 1 is 1.36 bits per heavy atom. The van der Waals surface area contributed by atoms with E-state index in [1.807, 2.05) is 20.8 Å². The second-order valence-electron chi connectivity index (χ2n) is 4.09. The van der Waals surface area contributed by atoms with E-state index < -0.39 is 11.4 Å². The van der Waals surface area contributed by atoms with Gasteiger partial charge in [-0.2, -0.15) is 0 Å². The first kappa shape index (κ1) is 10.4. The van der Waals surface area contributed by atoms with Crippen LogP contribution < -0.4 is 5.73 Å². The first-order valence-electron chi connectivity index (χ1n) is 3.69. The monoisotopic (exact) mass is 159 g/mol. The van der Waals surface area contributed by atoms with Gasteiger partial charge in [0.05, 0.1) is 5.41 Å². The number of rotatable bonds is 2. The molecule has 3 heteroatoms. The molecule has 1 unspecified atom stereocenters. The molecule has 0 amide bonds. The molecule has 0 saturated heterocycles. The molecule has 0 aliphatic carbocycles. The summed E-state index contributed by atoms with van der Waals surface area (Å²) in [7, 11) is 0. The van der Waals surface area contributed by atoms with E-state index in [2.05, 4.69) is 0 Å². The number of hydrogen-bond acceptors (Lipinski definition) is 2. The van der Waals surface area contributed by atoms with Gasteiger partial charge < -0.3 is 10.8 Å². The smallest absolute Gasteiger partial charge is 0.311 e. The van der Waals surface area contributed by atoms with E-state index in [1.54, 1.807) is 6.92 Å². The third-order valence-electron chi connectivity index (χ3n) is 2.54. The van der Waals surface area contributed by atoms with Gasteiger partial charge in [-0.25, -0.2) is 0 Å². The molecular formula is C8H17NO2. The number of carboxylic acids is 1. The summed E-state index contributed by atoms with van der Waals surface area (Å²) in [6, 6.07) is 0. The van der Waals surface area contributed by atoms with Crippen molar-refractivity contribution in [2.75, 3.05) is 6.54 Å². The number of carbonyl (C=O) groups is 1. The average molecular weight is 159 g/mol. The zero-order chi connectivity index (χ0) is 9.28. The lowest BCUT2D eigenvalue weighted by Crippen LogP contribution is -2.46. The molecule has 1 atom stereocenters. The molecule has 0 rings (SSSR count). The molecule has 0 bridgehead atoms. The molecule has 0 aliphatic rings. The molecule has 11 heavy (non-hydrogen) atoms. The van der Waals surface area contributed by atoms with Crippen molar-refractivity contribution in [2.45, 2.75) is 27.7 Å². The minimum absolute atomic E-state index is 0.172. The Labute approximate surface area is 67.6 Å². The van der Waals surface area contributed by atoms with Gasteiger partial charge in [-0.3, -0.25) is 4.79 Å². The van der Waals surface area contributed by atoms with Crippen LogP contribution >= 0.6 is 0 Å². The number of nitrogens with two attached hydrogens (primary N) is 1. The third kappa shape index (κ3) is 1.71. The van der Waals surface area contributed by atoms with Crippen LogP contribution in [0.3, 0.4) is 0 Å². The van der Waals surface area contributed by atoms with Gasteiger partial charge in [0, 0.05) is 6.54 Å². The Hall–Kier alpha value is -0.570. The highest BCUT2D eigenvalue weighted by atomic mass is 16.4. The van der Waals surface area contributed by atoms with Crippen LogP contribution in [-0.4, -0.2) is 17.6 Å². The summed E-state index contributed by atoms with van der Waals surface area (Å²) in [5.41, 5.74) is 4.29. The fraction of sp³-hybridized carbons (Fsp3) is 0.875. The van der Waals surface area contributed by atoms with Crippen molar-refractivity contribution in [3.8, 4) is 0 Å². The van der Waals surface area contributed by atoms with Crippen molar-refractivity contribution in [2.24, 2.45) is 16.6 Å². The predicted octanol–water partition coefficient (Wildman–Crippen LogP) is 1.08. The van der Waals surface area contributed by atoms with Crippen molar-refractivity contribution >= 4 is 5.97 Å². The van der Waals surface area contributed by atoms with Crippen LogP contribution in [0.2, 0.25) is 0 Å². The van der Waals surface area contributed by atoms with Crippen molar-refractivity contribution in [3.05, 3.63) is 0 Å². The van der Waals surface area contributed by atoms with Crippen LogP contribution in [0.25, 0.3) is 0 Å². The van der Waals surface area contributed by atoms with Crippen molar-refractivity contribution in [3.63, 3.8) is 0 Å². The second-order valence-corrected chi connectivity index (χ2v) is 4.09. The third-order valence-corrected chi connectivity index (χ3v) is 2.54. The maximum atomic E-state index is 10.8. The first-order valence-corrected chi connectivity index (χ1v) is 3.69. The van der Waals surface area contributed by atoms with E-state index in [9.17, 15) is 4.79 Å². The van der Waals surface area contributed by atoms with Gasteiger partial charge in [0.25, 0.3) is 0 Å². The van der Waals surface area contributed by atoms with Crippen LogP contribution in [0.4, 0.5) is 0 Å². The van der Waals surface area contributed by atoms with Gasteiger partial charge in [-0.1, -0.05) is 20.8 Å². The highest BCUT2D eigenvalue weighted by Crippen LogP contribution is 2.37. The number of hydrogen-bond donors (Lipinski definition) is 2. The Kier molecular flexibility index (Phi) is 2.67. The van der Waals surface area contributed by atoms with Crippen LogP contribution in [0, 0.1) is 10.8 Å². The molecule has 0 heterocycles. The average Bonchev–Trinajstić information content (AvgIpc) is 1.83. The standard InChI is InChI=1S/C8H17NO2/c1-7(2,3)8(4,5-9)6(10)11/h5,9H2,1-4H3,(H,10,11). The Morgan fingerprint density at radius 2 is 1.73 bits per heavy atom. The fourth-order valence-corrected chi connectivity index (χ4v) is 0.714. The molecule has 66 valence electrons. The quantitative estimate of drug-likeness (QED) is 0.633. The normalized spacial score (nSPS) is 17.5. The van der Waals surface area contributed by atoms with Gasteiger partial charge >= 0.3 is 5.97 Å². The maximum Gasteiger partial charge on any atom is 0.311 e. The van der Waals surface area contributed by atoms with Crippen LogP contribution in [0.5, 0.6) is 0 Å². The van der Waals surface area contributed by atoms with E-state index in [1.165, 1.54) is 0 Å². The summed E-state index contributed by atoms with van der Waals surface area (Å²) in [4.78, 5) is 10.8.